The first-order valence-electron chi connectivity index (χ1n) is 44.9. The summed E-state index contributed by atoms with van der Waals surface area (Å²) >= 11 is 0. The number of nitrogens with zero attached hydrogens (tertiary/aromatic N) is 8. The second-order valence-electron chi connectivity index (χ2n) is 32.6. The Morgan fingerprint density at radius 1 is 0.325 bits per heavy atom. The minimum atomic E-state index is 0. The Morgan fingerprint density at radius 2 is 0.583 bits per heavy atom. The largest absolute Gasteiger partial charge is 1.00 e. The van der Waals surface area contributed by atoms with Crippen molar-refractivity contribution in [3.63, 3.8) is 0 Å². The summed E-state index contributed by atoms with van der Waals surface area (Å²) in [5, 5.41) is 36.4. The summed E-state index contributed by atoms with van der Waals surface area (Å²) in [5.74, 6) is 2.50. The molecule has 12 heterocycles. The molecule has 0 aliphatic carbocycles. The Kier molecular flexibility index (Phi) is 54.6. The molecule has 0 amide bonds. The number of H-pyrrole nitrogens is 2. The fraction of sp³-hybridized carbons (Fsp3) is 0.592. The standard InChI is InChI=1S/C58H66N10.10C4H8O.2K/c1-35(2)47-25-19-26-48(36(3)4)55(47)67-57(53(61-65-67)45-21-15-13-16-22-45)63-59-51-39(9)31-43(32-40(51)10)29-30-44-33-41(11)52(42(12)34-44)60-64-58-54(46-23-17-14-18-24-46)62-66-68(58)56-49(37(5)6)27-20-28-50(56)38(7)8;10*1-2-4-5-3-1;;/h13-28,31-38,61,65H,29-30H2,1-12H3;10*1-4H2;;/q+2;;;;;;;;;;;;+1. The van der Waals surface area contributed by atoms with Gasteiger partial charge in [-0.2, -0.15) is 4.68 Å². The van der Waals surface area contributed by atoms with Gasteiger partial charge in [0.05, 0.1) is 17.1 Å². The van der Waals surface area contributed by atoms with Gasteiger partial charge in [-0.3, -0.25) is 0 Å². The van der Waals surface area contributed by atoms with E-state index in [-0.39, 0.29) is 115 Å². The third-order valence-electron chi connectivity index (χ3n) is 21.2. The molecule has 18 rings (SSSR count). The van der Waals surface area contributed by atoms with Crippen molar-refractivity contribution in [1.29, 1.82) is 0 Å². The zero-order chi connectivity index (χ0) is 83.6. The molecule has 10 fully saturated rings. The van der Waals surface area contributed by atoms with Gasteiger partial charge < -0.3 is 47.4 Å². The molecule has 10 aliphatic rings. The van der Waals surface area contributed by atoms with Gasteiger partial charge in [-0.25, -0.2) is 0 Å². The van der Waals surface area contributed by atoms with Crippen LogP contribution in [0.4, 0.5) is 23.0 Å². The van der Waals surface area contributed by atoms with E-state index in [1.165, 1.54) is 162 Å². The SMILES string of the molecule is C1CCOC1.C1CCOC1.C1CCOC1.C1CCOC1.C1CCOC1.C1CCOC1.C1CCOC1.C1CCOC1.C1CCOC1.C1CCOC1.Cc1cc(CCc2cc(C)c(N=Nc3c(-c4ccccc4)[nH+][nH+]n3-c3c(C(C)C)cccc3C(C)C)c(C)c2)cc(C)c1N=Nc1c(-c2ccccc2)nnn1-c1c(C(C)C)cccc1C(C)C.[K+].[K]. The predicted molar refractivity (Wildman–Crippen MR) is 481 cm³/mol. The smallest absolute Gasteiger partial charge is 0.381 e. The first-order chi connectivity index (χ1) is 57.7. The molecule has 1 radical (unpaired) electrons. The molecule has 0 saturated carbocycles. The fourth-order valence-corrected chi connectivity index (χ4v) is 14.5. The zero-order valence-electron chi connectivity index (χ0n) is 76.2. The molecular formula is C98H146K2N10O10+3. The van der Waals surface area contributed by atoms with Gasteiger partial charge in [-0.15, -0.1) is 20.4 Å². The van der Waals surface area contributed by atoms with Crippen LogP contribution < -0.4 is 61.7 Å². The number of benzene rings is 6. The second-order valence-corrected chi connectivity index (χ2v) is 32.6. The summed E-state index contributed by atoms with van der Waals surface area (Å²) in [6.07, 6.45) is 27.3. The number of para-hydroxylation sites is 2. The Morgan fingerprint density at radius 3 is 0.842 bits per heavy atom. The molecule has 0 bridgehead atoms. The molecule has 647 valence electrons. The normalized spacial score (nSPS) is 16.8. The van der Waals surface area contributed by atoms with Gasteiger partial charge in [0.1, 0.15) is 10.9 Å². The summed E-state index contributed by atoms with van der Waals surface area (Å²) in [4.78, 5) is 0. The monoisotopic (exact) mass is 1700 g/mol. The summed E-state index contributed by atoms with van der Waals surface area (Å²) in [6.45, 7) is 46.3. The van der Waals surface area contributed by atoms with Crippen LogP contribution >= 0.6 is 0 Å². The first kappa shape index (κ1) is 104. The van der Waals surface area contributed by atoms with Crippen molar-refractivity contribution in [2.75, 3.05) is 132 Å². The Hall–Kier alpha value is -4.33. The number of aromatic nitrogens is 6. The summed E-state index contributed by atoms with van der Waals surface area (Å²) < 4.78 is 53.4. The van der Waals surface area contributed by atoms with Gasteiger partial charge in [0.2, 0.25) is 11.5 Å². The molecule has 10 aliphatic heterocycles. The van der Waals surface area contributed by atoms with Crippen LogP contribution in [0, 0.1) is 27.7 Å². The molecule has 0 atom stereocenters. The van der Waals surface area contributed by atoms with Gasteiger partial charge in [0, 0.05) is 210 Å². The molecule has 0 spiro atoms. The van der Waals surface area contributed by atoms with E-state index in [4.69, 9.17) is 78.1 Å². The fourth-order valence-electron chi connectivity index (χ4n) is 14.5. The number of ether oxygens (including phenoxy) is 10. The van der Waals surface area contributed by atoms with Gasteiger partial charge in [0.15, 0.2) is 0 Å². The average Bonchev–Trinajstić information content (AvgIpc) is 1.58. The number of hydrogen-bond acceptors (Lipinski definition) is 16. The molecule has 20 nitrogen and oxygen atoms in total. The number of aryl methyl sites for hydroxylation is 6. The van der Waals surface area contributed by atoms with Crippen molar-refractivity contribution in [2.24, 2.45) is 20.5 Å². The van der Waals surface area contributed by atoms with E-state index in [0.29, 0.717) is 23.3 Å². The summed E-state index contributed by atoms with van der Waals surface area (Å²) in [5.41, 5.74) is 19.1. The topological polar surface area (TPSA) is 206 Å². The number of azo groups is 2. The molecule has 2 N–H and O–H groups in total. The van der Waals surface area contributed by atoms with E-state index in [2.05, 4.69) is 171 Å². The third kappa shape index (κ3) is 38.1. The zero-order valence-corrected chi connectivity index (χ0v) is 82.5. The third-order valence-corrected chi connectivity index (χ3v) is 21.2. The quantitative estimate of drug-likeness (QED) is 0.0694. The van der Waals surface area contributed by atoms with Crippen molar-refractivity contribution >= 4 is 74.4 Å². The minimum absolute atomic E-state index is 0. The maximum absolute atomic E-state index is 5.06. The number of aromatic amines is 2. The number of rotatable bonds is 15. The Balaban J connectivity index is 0.000000335. The molecule has 120 heavy (non-hydrogen) atoms. The van der Waals surface area contributed by atoms with E-state index in [9.17, 15) is 0 Å². The average molecular weight is 1700 g/mol. The van der Waals surface area contributed by atoms with Crippen LogP contribution in [0.15, 0.2) is 142 Å². The Bertz CT molecular complexity index is 3530. The predicted octanol–water partition coefficient (Wildman–Crippen LogP) is 20.0. The Labute approximate surface area is 805 Å². The van der Waals surface area contributed by atoms with E-state index in [0.717, 1.165) is 213 Å². The van der Waals surface area contributed by atoms with Gasteiger partial charge in [-0.1, -0.05) is 187 Å². The van der Waals surface area contributed by atoms with Crippen LogP contribution in [-0.2, 0) is 60.2 Å². The van der Waals surface area contributed by atoms with Crippen LogP contribution in [0.5, 0.6) is 0 Å². The van der Waals surface area contributed by atoms with Crippen LogP contribution in [0.3, 0.4) is 0 Å². The van der Waals surface area contributed by atoms with E-state index >= 15 is 0 Å². The van der Waals surface area contributed by atoms with Gasteiger partial charge in [0.25, 0.3) is 5.69 Å². The van der Waals surface area contributed by atoms with E-state index < -0.39 is 0 Å². The van der Waals surface area contributed by atoms with Crippen molar-refractivity contribution in [2.45, 2.75) is 248 Å². The molecule has 0 unspecified atom stereocenters. The van der Waals surface area contributed by atoms with Gasteiger partial charge in [-0.05, 0) is 242 Å². The second kappa shape index (κ2) is 62.7. The number of nitrogens with one attached hydrogen (secondary N) is 2. The van der Waals surface area contributed by atoms with Crippen molar-refractivity contribution < 1.29 is 109 Å². The number of hydrogen-bond donors (Lipinski definition) is 0. The summed E-state index contributed by atoms with van der Waals surface area (Å²) in [7, 11) is 0. The van der Waals surface area contributed by atoms with Gasteiger partial charge >= 0.3 is 57.2 Å². The molecule has 2 aromatic heterocycles. The van der Waals surface area contributed by atoms with E-state index in [1.54, 1.807) is 0 Å². The van der Waals surface area contributed by atoms with Crippen LogP contribution in [-0.4, -0.2) is 203 Å². The van der Waals surface area contributed by atoms with Crippen molar-refractivity contribution in [1.82, 2.24) is 19.7 Å². The molecule has 8 aromatic rings. The minimum Gasteiger partial charge on any atom is -0.381 e. The van der Waals surface area contributed by atoms with Crippen LogP contribution in [0.25, 0.3) is 33.9 Å². The van der Waals surface area contributed by atoms with Crippen molar-refractivity contribution in [3.05, 3.63) is 177 Å². The van der Waals surface area contributed by atoms with Crippen molar-refractivity contribution in [3.8, 4) is 33.9 Å². The molecule has 6 aromatic carbocycles. The van der Waals surface area contributed by atoms with Crippen LogP contribution in [0.1, 0.15) is 263 Å². The first-order valence-corrected chi connectivity index (χ1v) is 44.9. The maximum Gasteiger partial charge on any atom is 1.00 e. The molecular weight excluding hydrogens is 1560 g/mol. The maximum atomic E-state index is 5.06. The molecule has 22 heteroatoms. The van der Waals surface area contributed by atoms with Crippen LogP contribution in [0.2, 0.25) is 0 Å². The summed E-state index contributed by atoms with van der Waals surface area (Å²) in [6, 6.07) is 42.6. The molecule has 10 saturated heterocycles. The van der Waals surface area contributed by atoms with E-state index in [1.807, 2.05) is 53.2 Å².